The summed E-state index contributed by atoms with van der Waals surface area (Å²) in [6, 6.07) is 8.16. The molecular weight excluding hydrogens is 264 g/mol. The number of para-hydroxylation sites is 1. The van der Waals surface area contributed by atoms with Crippen LogP contribution in [-0.2, 0) is 17.8 Å². The van der Waals surface area contributed by atoms with E-state index in [4.69, 9.17) is 0 Å². The first-order chi connectivity index (χ1) is 10.0. The number of hydrogen-bond acceptors (Lipinski definition) is 2. The predicted molar refractivity (Wildman–Crippen MR) is 83.5 cm³/mol. The summed E-state index contributed by atoms with van der Waals surface area (Å²) >= 11 is 0. The first-order valence-corrected chi connectivity index (χ1v) is 7.58. The van der Waals surface area contributed by atoms with Crippen LogP contribution < -0.4 is 0 Å². The van der Waals surface area contributed by atoms with E-state index in [1.807, 2.05) is 22.8 Å². The summed E-state index contributed by atoms with van der Waals surface area (Å²) in [5.74, 6) is -0.773. The summed E-state index contributed by atoms with van der Waals surface area (Å²) in [5.41, 5.74) is 3.55. The highest BCUT2D eigenvalue weighted by Gasteiger charge is 2.28. The molecule has 1 unspecified atom stereocenters. The van der Waals surface area contributed by atoms with Crippen LogP contribution in [0.15, 0.2) is 24.3 Å². The van der Waals surface area contributed by atoms with Gasteiger partial charge >= 0.3 is 5.97 Å². The molecule has 1 atom stereocenters. The van der Waals surface area contributed by atoms with Crippen LogP contribution in [0.1, 0.15) is 38.1 Å². The van der Waals surface area contributed by atoms with Crippen molar-refractivity contribution in [2.45, 2.75) is 45.8 Å². The molecule has 112 valence electrons. The highest BCUT2D eigenvalue weighted by Crippen LogP contribution is 2.33. The Morgan fingerprint density at radius 2 is 1.95 bits per heavy atom. The van der Waals surface area contributed by atoms with Gasteiger partial charge < -0.3 is 9.67 Å². The highest BCUT2D eigenvalue weighted by molar-refractivity contribution is 5.88. The van der Waals surface area contributed by atoms with E-state index in [-0.39, 0.29) is 0 Å². The lowest BCUT2D eigenvalue weighted by molar-refractivity contribution is -0.140. The Kier molecular flexibility index (Phi) is 3.49. The number of carboxylic acid groups (broad SMARTS) is 1. The molecule has 4 nitrogen and oxygen atoms in total. The van der Waals surface area contributed by atoms with Crippen molar-refractivity contribution in [2.24, 2.45) is 0 Å². The number of aromatic nitrogens is 1. The molecule has 1 aromatic heterocycles. The van der Waals surface area contributed by atoms with E-state index >= 15 is 0 Å². The van der Waals surface area contributed by atoms with Crippen molar-refractivity contribution in [3.63, 3.8) is 0 Å². The van der Waals surface area contributed by atoms with Gasteiger partial charge in [-0.15, -0.1) is 0 Å². The summed E-state index contributed by atoms with van der Waals surface area (Å²) in [6.45, 7) is 8.10. The normalized spacial score (nSPS) is 17.1. The molecule has 1 aliphatic rings. The molecule has 1 aliphatic heterocycles. The Labute approximate surface area is 125 Å². The summed E-state index contributed by atoms with van der Waals surface area (Å²) < 4.78 is 2.02. The van der Waals surface area contributed by atoms with Crippen LogP contribution >= 0.6 is 0 Å². The van der Waals surface area contributed by atoms with Crippen LogP contribution in [0.5, 0.6) is 0 Å². The molecule has 2 aromatic rings. The highest BCUT2D eigenvalue weighted by atomic mass is 16.4. The van der Waals surface area contributed by atoms with Gasteiger partial charge in [0.2, 0.25) is 0 Å². The van der Waals surface area contributed by atoms with Crippen molar-refractivity contribution < 1.29 is 9.90 Å². The van der Waals surface area contributed by atoms with Gasteiger partial charge in [-0.2, -0.15) is 0 Å². The molecule has 0 bridgehead atoms. The van der Waals surface area contributed by atoms with E-state index in [1.54, 1.807) is 6.92 Å². The second kappa shape index (κ2) is 5.19. The van der Waals surface area contributed by atoms with Gasteiger partial charge in [-0.05, 0) is 32.4 Å². The number of hydrogen-bond donors (Lipinski definition) is 1. The first-order valence-electron chi connectivity index (χ1n) is 7.58. The van der Waals surface area contributed by atoms with Gasteiger partial charge in [0.25, 0.3) is 0 Å². The van der Waals surface area contributed by atoms with Gasteiger partial charge in [-0.3, -0.25) is 4.90 Å². The van der Waals surface area contributed by atoms with Crippen molar-refractivity contribution in [1.29, 1.82) is 0 Å². The minimum Gasteiger partial charge on any atom is -0.480 e. The molecule has 0 aliphatic carbocycles. The molecule has 0 radical (unpaired) electrons. The molecule has 1 N–H and O–H groups in total. The second-order valence-electron chi connectivity index (χ2n) is 6.14. The number of carboxylic acids is 1. The van der Waals surface area contributed by atoms with Gasteiger partial charge in [-0.1, -0.05) is 18.2 Å². The molecule has 21 heavy (non-hydrogen) atoms. The van der Waals surface area contributed by atoms with Crippen LogP contribution in [-0.4, -0.2) is 33.1 Å². The van der Waals surface area contributed by atoms with E-state index in [0.29, 0.717) is 6.04 Å². The number of nitrogens with zero attached hydrogens (tertiary/aromatic N) is 2. The molecule has 2 heterocycles. The minimum atomic E-state index is -0.773. The molecule has 1 aromatic carbocycles. The maximum absolute atomic E-state index is 11.5. The van der Waals surface area contributed by atoms with Crippen molar-refractivity contribution in [1.82, 2.24) is 9.47 Å². The largest absolute Gasteiger partial charge is 0.480 e. The lowest BCUT2D eigenvalue weighted by Gasteiger charge is -2.31. The summed E-state index contributed by atoms with van der Waals surface area (Å²) in [4.78, 5) is 13.9. The van der Waals surface area contributed by atoms with Gasteiger partial charge in [-0.25, -0.2) is 4.79 Å². The standard InChI is InChI=1S/C17H22N2O2/c1-11(2)18-9-8-16-14(10-18)13-6-4-5-7-15(13)19(16)12(3)17(20)21/h4-7,11-12H,8-10H2,1-3H3,(H,20,21). The van der Waals surface area contributed by atoms with Crippen molar-refractivity contribution >= 4 is 16.9 Å². The Bertz CT molecular complexity index is 687. The lowest BCUT2D eigenvalue weighted by atomic mass is 10.0. The molecule has 0 saturated carbocycles. The Morgan fingerprint density at radius 1 is 1.24 bits per heavy atom. The van der Waals surface area contributed by atoms with E-state index < -0.39 is 12.0 Å². The zero-order valence-electron chi connectivity index (χ0n) is 12.8. The van der Waals surface area contributed by atoms with Gasteiger partial charge in [0.1, 0.15) is 6.04 Å². The van der Waals surface area contributed by atoms with Crippen molar-refractivity contribution in [3.05, 3.63) is 35.5 Å². The molecule has 0 saturated heterocycles. The SMILES string of the molecule is CC(C)N1CCc2c(c3ccccc3n2C(C)C(=O)O)C1. The van der Waals surface area contributed by atoms with Crippen molar-refractivity contribution in [2.75, 3.05) is 6.54 Å². The smallest absolute Gasteiger partial charge is 0.326 e. The number of benzene rings is 1. The monoisotopic (exact) mass is 286 g/mol. The number of rotatable bonds is 3. The van der Waals surface area contributed by atoms with Crippen LogP contribution in [0.4, 0.5) is 0 Å². The van der Waals surface area contributed by atoms with Gasteiger partial charge in [0.15, 0.2) is 0 Å². The topological polar surface area (TPSA) is 45.5 Å². The predicted octanol–water partition coefficient (Wildman–Crippen LogP) is 3.05. The molecule has 3 rings (SSSR count). The number of carbonyl (C=O) groups is 1. The van der Waals surface area contributed by atoms with Crippen LogP contribution in [0.2, 0.25) is 0 Å². The Morgan fingerprint density at radius 3 is 2.62 bits per heavy atom. The van der Waals surface area contributed by atoms with Crippen molar-refractivity contribution in [3.8, 4) is 0 Å². The second-order valence-corrected chi connectivity index (χ2v) is 6.14. The molecule has 0 spiro atoms. The Hall–Kier alpha value is -1.81. The number of fused-ring (bicyclic) bond motifs is 3. The van der Waals surface area contributed by atoms with Gasteiger partial charge in [0.05, 0.1) is 0 Å². The van der Waals surface area contributed by atoms with Crippen LogP contribution in [0.25, 0.3) is 10.9 Å². The molecule has 0 amide bonds. The lowest BCUT2D eigenvalue weighted by Crippen LogP contribution is -2.36. The average molecular weight is 286 g/mol. The van der Waals surface area contributed by atoms with Crippen LogP contribution in [0.3, 0.4) is 0 Å². The average Bonchev–Trinajstić information content (AvgIpc) is 2.80. The number of aliphatic carboxylic acids is 1. The summed E-state index contributed by atoms with van der Waals surface area (Å²) in [7, 11) is 0. The molecule has 0 fully saturated rings. The zero-order chi connectivity index (χ0) is 15.1. The fraction of sp³-hybridized carbons (Fsp3) is 0.471. The van der Waals surface area contributed by atoms with Crippen LogP contribution in [0, 0.1) is 0 Å². The maximum Gasteiger partial charge on any atom is 0.326 e. The summed E-state index contributed by atoms with van der Waals surface area (Å²) in [5, 5.41) is 10.6. The third-order valence-corrected chi connectivity index (χ3v) is 4.60. The molecule has 4 heteroatoms. The maximum atomic E-state index is 11.5. The fourth-order valence-corrected chi connectivity index (χ4v) is 3.36. The minimum absolute atomic E-state index is 0.511. The zero-order valence-corrected chi connectivity index (χ0v) is 12.8. The Balaban J connectivity index is 2.19. The van der Waals surface area contributed by atoms with Gasteiger partial charge in [0, 0.05) is 42.1 Å². The van der Waals surface area contributed by atoms with E-state index in [0.717, 1.165) is 25.0 Å². The third kappa shape index (κ3) is 2.23. The van der Waals surface area contributed by atoms with E-state index in [1.165, 1.54) is 16.6 Å². The fourth-order valence-electron chi connectivity index (χ4n) is 3.36. The third-order valence-electron chi connectivity index (χ3n) is 4.60. The van der Waals surface area contributed by atoms with E-state index in [2.05, 4.69) is 24.8 Å². The molecular formula is C17H22N2O2. The first kappa shape index (κ1) is 14.1. The van der Waals surface area contributed by atoms with E-state index in [9.17, 15) is 9.90 Å². The quantitative estimate of drug-likeness (QED) is 0.943. The summed E-state index contributed by atoms with van der Waals surface area (Å²) in [6.07, 6.45) is 0.916.